The maximum Gasteiger partial charge on any atom is 0.263 e. The number of carbonyl (C=O) groups excluding carboxylic acids is 3. The summed E-state index contributed by atoms with van der Waals surface area (Å²) in [7, 11) is 0. The smallest absolute Gasteiger partial charge is 0.263 e. The van der Waals surface area contributed by atoms with E-state index in [9.17, 15) is 14.4 Å². The highest BCUT2D eigenvalue weighted by molar-refractivity contribution is 6.32. The topological polar surface area (TPSA) is 94.4 Å². The van der Waals surface area contributed by atoms with Crippen molar-refractivity contribution in [2.45, 2.75) is 32.9 Å². The summed E-state index contributed by atoms with van der Waals surface area (Å²) in [6, 6.07) is 8.66. The van der Waals surface area contributed by atoms with Crippen LogP contribution in [0.15, 0.2) is 46.7 Å². The van der Waals surface area contributed by atoms with Gasteiger partial charge in [0.25, 0.3) is 11.8 Å². The van der Waals surface area contributed by atoms with Gasteiger partial charge in [0, 0.05) is 10.7 Å². The number of halogens is 1. The van der Waals surface area contributed by atoms with Crippen LogP contribution in [0.25, 0.3) is 0 Å². The summed E-state index contributed by atoms with van der Waals surface area (Å²) in [5, 5.41) is 12.3. The van der Waals surface area contributed by atoms with Gasteiger partial charge in [-0.05, 0) is 61.7 Å². The van der Waals surface area contributed by atoms with Crippen molar-refractivity contribution in [3.8, 4) is 0 Å². The molecule has 30 heavy (non-hydrogen) atoms. The van der Waals surface area contributed by atoms with Crippen LogP contribution in [0.4, 0.5) is 11.4 Å². The first-order valence-electron chi connectivity index (χ1n) is 9.45. The van der Waals surface area contributed by atoms with Crippen LogP contribution in [0.5, 0.6) is 0 Å². The van der Waals surface area contributed by atoms with Gasteiger partial charge in [-0.15, -0.1) is 0 Å². The van der Waals surface area contributed by atoms with E-state index >= 15 is 0 Å². The number of carbonyl (C=O) groups is 3. The molecule has 0 spiro atoms. The van der Waals surface area contributed by atoms with Crippen LogP contribution in [-0.4, -0.2) is 41.4 Å². The fourth-order valence-corrected chi connectivity index (χ4v) is 3.67. The van der Waals surface area contributed by atoms with E-state index in [-0.39, 0.29) is 12.5 Å². The van der Waals surface area contributed by atoms with Crippen molar-refractivity contribution in [3.63, 3.8) is 0 Å². The summed E-state index contributed by atoms with van der Waals surface area (Å²) in [6.45, 7) is 5.58. The summed E-state index contributed by atoms with van der Waals surface area (Å²) < 4.78 is 0. The maximum absolute atomic E-state index is 13.0. The Morgan fingerprint density at radius 3 is 2.47 bits per heavy atom. The van der Waals surface area contributed by atoms with Crippen molar-refractivity contribution in [3.05, 3.63) is 58.1 Å². The average Bonchev–Trinajstić information content (AvgIpc) is 3.21. The van der Waals surface area contributed by atoms with Crippen molar-refractivity contribution < 1.29 is 14.4 Å². The lowest BCUT2D eigenvalue weighted by Crippen LogP contribution is -2.43. The molecule has 3 amide bonds. The molecule has 9 heteroatoms. The Morgan fingerprint density at radius 2 is 1.77 bits per heavy atom. The molecule has 0 aromatic heterocycles. The van der Waals surface area contributed by atoms with E-state index in [4.69, 9.17) is 11.6 Å². The number of rotatable bonds is 4. The highest BCUT2D eigenvalue weighted by Crippen LogP contribution is 2.33. The van der Waals surface area contributed by atoms with Gasteiger partial charge >= 0.3 is 0 Å². The molecule has 2 aromatic rings. The number of anilines is 2. The van der Waals surface area contributed by atoms with E-state index in [1.807, 2.05) is 39.0 Å². The van der Waals surface area contributed by atoms with Gasteiger partial charge in [0.15, 0.2) is 12.1 Å². The minimum atomic E-state index is -0.966. The molecule has 2 heterocycles. The molecule has 0 aliphatic carbocycles. The zero-order chi connectivity index (χ0) is 21.6. The number of nitrogens with zero attached hydrogens (tertiary/aromatic N) is 4. The van der Waals surface area contributed by atoms with Gasteiger partial charge in [0.05, 0.1) is 5.69 Å². The molecular weight excluding hydrogens is 406 g/mol. The Labute approximate surface area is 178 Å². The molecule has 8 nitrogen and oxygen atoms in total. The third kappa shape index (κ3) is 3.43. The quantitative estimate of drug-likeness (QED) is 0.761. The lowest BCUT2D eigenvalue weighted by atomic mass is 10.1. The van der Waals surface area contributed by atoms with Crippen molar-refractivity contribution in [1.82, 2.24) is 5.01 Å². The summed E-state index contributed by atoms with van der Waals surface area (Å²) >= 11 is 6.15. The van der Waals surface area contributed by atoms with Gasteiger partial charge in [-0.2, -0.15) is 5.11 Å². The molecule has 1 fully saturated rings. The maximum atomic E-state index is 13.0. The molecule has 2 atom stereocenters. The number of amides is 3. The van der Waals surface area contributed by atoms with Crippen LogP contribution >= 0.6 is 11.6 Å². The van der Waals surface area contributed by atoms with Crippen molar-refractivity contribution in [1.29, 1.82) is 0 Å². The number of hydrogen-bond acceptors (Lipinski definition) is 6. The molecule has 2 aromatic carbocycles. The number of aryl methyl sites for hydroxylation is 3. The Hall–Kier alpha value is -3.26. The highest BCUT2D eigenvalue weighted by atomic mass is 35.5. The van der Waals surface area contributed by atoms with Crippen molar-refractivity contribution >= 4 is 40.7 Å². The predicted molar refractivity (Wildman–Crippen MR) is 112 cm³/mol. The van der Waals surface area contributed by atoms with Gasteiger partial charge < -0.3 is 5.32 Å². The normalized spacial score (nSPS) is 20.1. The van der Waals surface area contributed by atoms with E-state index in [0.717, 1.165) is 21.6 Å². The zero-order valence-corrected chi connectivity index (χ0v) is 17.5. The second-order valence-electron chi connectivity index (χ2n) is 7.48. The van der Waals surface area contributed by atoms with E-state index < -0.39 is 23.9 Å². The molecule has 0 unspecified atom stereocenters. The molecule has 1 saturated heterocycles. The molecule has 154 valence electrons. The second kappa shape index (κ2) is 7.53. The number of benzene rings is 2. The van der Waals surface area contributed by atoms with E-state index in [1.54, 1.807) is 18.2 Å². The monoisotopic (exact) mass is 425 g/mol. The Kier molecular flexibility index (Phi) is 5.03. The van der Waals surface area contributed by atoms with Crippen LogP contribution in [0.2, 0.25) is 5.02 Å². The molecule has 2 aliphatic heterocycles. The summed E-state index contributed by atoms with van der Waals surface area (Å²) in [6.07, 6.45) is 0. The molecule has 0 saturated carbocycles. The minimum Gasteiger partial charge on any atom is -0.324 e. The molecular formula is C21H20ClN5O3. The fourth-order valence-electron chi connectivity index (χ4n) is 3.50. The first-order chi connectivity index (χ1) is 14.3. The Morgan fingerprint density at radius 1 is 1.03 bits per heavy atom. The Bertz CT molecular complexity index is 1100. The standard InChI is InChI=1S/C21H20ClN5O3/c1-11-4-6-14(8-13(11)3)23-17(28)10-26-19-18(24-25-26)20(29)27(21(19)30)15-7-5-12(2)16(22)9-15/h4-9,18-19H,10H2,1-3H3,(H,23,28)/t18-,19+/m1/s1. The largest absolute Gasteiger partial charge is 0.324 e. The summed E-state index contributed by atoms with van der Waals surface area (Å²) in [5.41, 5.74) is 4.04. The number of nitrogens with one attached hydrogen (secondary N) is 1. The third-order valence-electron chi connectivity index (χ3n) is 5.37. The van der Waals surface area contributed by atoms with Gasteiger partial charge in [0.1, 0.15) is 6.54 Å². The first kappa shape index (κ1) is 20.0. The van der Waals surface area contributed by atoms with Gasteiger partial charge in [-0.3, -0.25) is 19.4 Å². The van der Waals surface area contributed by atoms with Crippen LogP contribution in [0.1, 0.15) is 16.7 Å². The molecule has 0 bridgehead atoms. The fraction of sp³-hybridized carbons (Fsp3) is 0.286. The highest BCUT2D eigenvalue weighted by Gasteiger charge is 2.55. The molecule has 1 N–H and O–H groups in total. The molecule has 2 aliphatic rings. The second-order valence-corrected chi connectivity index (χ2v) is 7.89. The van der Waals surface area contributed by atoms with E-state index in [2.05, 4.69) is 15.7 Å². The van der Waals surface area contributed by atoms with Crippen LogP contribution in [-0.2, 0) is 14.4 Å². The van der Waals surface area contributed by atoms with Crippen molar-refractivity contribution in [2.24, 2.45) is 10.3 Å². The number of fused-ring (bicyclic) bond motifs is 1. The predicted octanol–water partition coefficient (Wildman–Crippen LogP) is 3.20. The SMILES string of the molecule is Cc1ccc(NC(=O)CN2N=N[C@H]3C(=O)N(c4ccc(C)c(Cl)c4)C(=O)[C@H]32)cc1C. The molecule has 4 rings (SSSR count). The van der Waals surface area contributed by atoms with Gasteiger partial charge in [-0.25, -0.2) is 4.90 Å². The molecule has 0 radical (unpaired) electrons. The Balaban J connectivity index is 1.49. The van der Waals surface area contributed by atoms with Gasteiger partial charge in [-0.1, -0.05) is 29.0 Å². The van der Waals surface area contributed by atoms with Crippen LogP contribution in [0.3, 0.4) is 0 Å². The number of imide groups is 1. The average molecular weight is 426 g/mol. The first-order valence-corrected chi connectivity index (χ1v) is 9.82. The third-order valence-corrected chi connectivity index (χ3v) is 5.77. The zero-order valence-electron chi connectivity index (χ0n) is 16.7. The minimum absolute atomic E-state index is 0.195. The lowest BCUT2D eigenvalue weighted by Gasteiger charge is -2.20. The van der Waals surface area contributed by atoms with Crippen molar-refractivity contribution in [2.75, 3.05) is 16.8 Å². The number of hydrogen-bond donors (Lipinski definition) is 1. The van der Waals surface area contributed by atoms with Crippen LogP contribution in [0, 0.1) is 20.8 Å². The lowest BCUT2D eigenvalue weighted by molar-refractivity contribution is -0.123. The summed E-state index contributed by atoms with van der Waals surface area (Å²) in [4.78, 5) is 39.3. The van der Waals surface area contributed by atoms with Crippen LogP contribution < -0.4 is 10.2 Å². The van der Waals surface area contributed by atoms with E-state index in [0.29, 0.717) is 16.4 Å². The summed E-state index contributed by atoms with van der Waals surface area (Å²) in [5.74, 6) is -1.31. The van der Waals surface area contributed by atoms with Gasteiger partial charge in [0.2, 0.25) is 5.91 Å². The van der Waals surface area contributed by atoms with E-state index in [1.165, 1.54) is 5.01 Å².